The number of rotatable bonds is 7. The molecule has 0 aliphatic carbocycles. The van der Waals surface area contributed by atoms with E-state index in [2.05, 4.69) is 15.6 Å². The van der Waals surface area contributed by atoms with E-state index in [1.165, 1.54) is 4.31 Å². The molecular weight excluding hydrogens is 316 g/mol. The van der Waals surface area contributed by atoms with E-state index < -0.39 is 16.1 Å². The smallest absolute Gasteiger partial charge is 0.238 e. The van der Waals surface area contributed by atoms with Gasteiger partial charge in [0, 0.05) is 25.8 Å². The molecule has 1 amide bonds. The highest BCUT2D eigenvalue weighted by molar-refractivity contribution is 7.88. The van der Waals surface area contributed by atoms with Crippen LogP contribution < -0.4 is 10.6 Å². The van der Waals surface area contributed by atoms with Crippen molar-refractivity contribution < 1.29 is 13.2 Å². The Hall–Kier alpha value is -1.67. The highest BCUT2D eigenvalue weighted by atomic mass is 32.2. The van der Waals surface area contributed by atoms with Crippen LogP contribution in [0.3, 0.4) is 0 Å². The number of anilines is 1. The number of aromatic nitrogens is 1. The highest BCUT2D eigenvalue weighted by Crippen LogP contribution is 2.20. The van der Waals surface area contributed by atoms with Gasteiger partial charge >= 0.3 is 0 Å². The van der Waals surface area contributed by atoms with Crippen LogP contribution in [0.2, 0.25) is 0 Å². The van der Waals surface area contributed by atoms with Gasteiger partial charge in [-0.05, 0) is 37.8 Å². The fraction of sp³-hybridized carbons (Fsp3) is 0.600. The topological polar surface area (TPSA) is 91.4 Å². The Morgan fingerprint density at radius 1 is 1.39 bits per heavy atom. The second kappa shape index (κ2) is 7.74. The fourth-order valence-corrected chi connectivity index (χ4v) is 3.73. The molecule has 0 aromatic carbocycles. The molecule has 1 aromatic heterocycles. The number of nitrogens with one attached hydrogen (secondary N) is 2. The monoisotopic (exact) mass is 340 g/mol. The van der Waals surface area contributed by atoms with E-state index in [1.54, 1.807) is 6.20 Å². The Bertz CT molecular complexity index is 631. The third kappa shape index (κ3) is 5.18. The largest absolute Gasteiger partial charge is 0.370 e. The maximum absolute atomic E-state index is 12.1. The van der Waals surface area contributed by atoms with Crippen molar-refractivity contribution in [3.05, 3.63) is 23.9 Å². The predicted molar refractivity (Wildman–Crippen MR) is 89.7 cm³/mol. The minimum absolute atomic E-state index is 0.207. The first-order valence-corrected chi connectivity index (χ1v) is 9.64. The molecule has 2 N–H and O–H groups in total. The normalized spacial score (nSPS) is 18.8. The van der Waals surface area contributed by atoms with Gasteiger partial charge in [-0.2, -0.15) is 4.31 Å². The SMILES string of the molecule is Cc1ccc(NCCCNC(=O)[C@@H]2CCCN2S(C)(=O)=O)nc1. The number of hydrogen-bond donors (Lipinski definition) is 2. The molecule has 0 radical (unpaired) electrons. The van der Waals surface area contributed by atoms with Crippen molar-refractivity contribution >= 4 is 21.7 Å². The molecule has 1 aliphatic rings. The van der Waals surface area contributed by atoms with Crippen molar-refractivity contribution in [2.45, 2.75) is 32.2 Å². The number of carbonyl (C=O) groups excluding carboxylic acids is 1. The van der Waals surface area contributed by atoms with Crippen molar-refractivity contribution in [1.29, 1.82) is 0 Å². The van der Waals surface area contributed by atoms with Gasteiger partial charge in [-0.15, -0.1) is 0 Å². The second-order valence-corrected chi connectivity index (χ2v) is 7.76. The Morgan fingerprint density at radius 2 is 2.17 bits per heavy atom. The van der Waals surface area contributed by atoms with E-state index in [0.29, 0.717) is 26.1 Å². The molecule has 8 heteroatoms. The summed E-state index contributed by atoms with van der Waals surface area (Å²) in [7, 11) is -3.32. The van der Waals surface area contributed by atoms with Gasteiger partial charge in [0.15, 0.2) is 0 Å². The van der Waals surface area contributed by atoms with Crippen LogP contribution in [0.1, 0.15) is 24.8 Å². The maximum Gasteiger partial charge on any atom is 0.238 e. The lowest BCUT2D eigenvalue weighted by Crippen LogP contribution is -2.45. The van der Waals surface area contributed by atoms with Gasteiger partial charge in [-0.1, -0.05) is 6.07 Å². The van der Waals surface area contributed by atoms with Crippen molar-refractivity contribution in [2.24, 2.45) is 0 Å². The van der Waals surface area contributed by atoms with E-state index in [9.17, 15) is 13.2 Å². The van der Waals surface area contributed by atoms with Crippen LogP contribution in [-0.2, 0) is 14.8 Å². The molecule has 0 saturated carbocycles. The third-order valence-electron chi connectivity index (χ3n) is 3.80. The quantitative estimate of drug-likeness (QED) is 0.714. The van der Waals surface area contributed by atoms with Gasteiger partial charge in [-0.3, -0.25) is 4.79 Å². The molecule has 0 bridgehead atoms. The van der Waals surface area contributed by atoms with Crippen molar-refractivity contribution in [2.75, 3.05) is 31.2 Å². The van der Waals surface area contributed by atoms with Crippen LogP contribution in [0.15, 0.2) is 18.3 Å². The number of hydrogen-bond acceptors (Lipinski definition) is 5. The summed E-state index contributed by atoms with van der Waals surface area (Å²) in [5, 5.41) is 6.00. The molecule has 1 aliphatic heterocycles. The molecule has 0 spiro atoms. The van der Waals surface area contributed by atoms with Gasteiger partial charge in [-0.25, -0.2) is 13.4 Å². The first-order chi connectivity index (χ1) is 10.9. The molecule has 128 valence electrons. The first kappa shape index (κ1) is 17.7. The molecule has 1 fully saturated rings. The highest BCUT2D eigenvalue weighted by Gasteiger charge is 2.36. The van der Waals surface area contributed by atoms with Crippen LogP contribution in [0.4, 0.5) is 5.82 Å². The predicted octanol–water partition coefficient (Wildman–Crippen LogP) is 0.732. The zero-order valence-corrected chi connectivity index (χ0v) is 14.4. The number of pyridine rings is 1. The third-order valence-corrected chi connectivity index (χ3v) is 5.09. The molecule has 0 unspecified atom stereocenters. The Balaban J connectivity index is 1.69. The molecule has 23 heavy (non-hydrogen) atoms. The summed E-state index contributed by atoms with van der Waals surface area (Å²) in [5.74, 6) is 0.599. The summed E-state index contributed by atoms with van der Waals surface area (Å²) >= 11 is 0. The molecule has 7 nitrogen and oxygen atoms in total. The summed E-state index contributed by atoms with van der Waals surface area (Å²) in [4.78, 5) is 16.4. The minimum atomic E-state index is -3.32. The van der Waals surface area contributed by atoms with Gasteiger partial charge < -0.3 is 10.6 Å². The standard InChI is InChI=1S/C15H24N4O3S/c1-12-6-7-14(18-11-12)16-8-4-9-17-15(20)13-5-3-10-19(13)23(2,21)22/h6-7,11,13H,3-5,8-10H2,1-2H3,(H,16,18)(H,17,20)/t13-/m0/s1. The molecule has 2 rings (SSSR count). The van der Waals surface area contributed by atoms with E-state index in [0.717, 1.165) is 30.5 Å². The Morgan fingerprint density at radius 3 is 2.83 bits per heavy atom. The summed E-state index contributed by atoms with van der Waals surface area (Å²) in [6, 6.07) is 3.34. The van der Waals surface area contributed by atoms with Crippen molar-refractivity contribution in [3.8, 4) is 0 Å². The molecule has 1 saturated heterocycles. The van der Waals surface area contributed by atoms with Crippen LogP contribution in [0, 0.1) is 6.92 Å². The molecule has 1 aromatic rings. The van der Waals surface area contributed by atoms with E-state index in [-0.39, 0.29) is 5.91 Å². The number of sulfonamides is 1. The van der Waals surface area contributed by atoms with E-state index in [4.69, 9.17) is 0 Å². The number of aryl methyl sites for hydroxylation is 1. The Labute approximate surface area is 137 Å². The summed E-state index contributed by atoms with van der Waals surface area (Å²) in [5.41, 5.74) is 1.11. The average Bonchev–Trinajstić information content (AvgIpc) is 2.98. The van der Waals surface area contributed by atoms with Crippen LogP contribution in [0.25, 0.3) is 0 Å². The number of carbonyl (C=O) groups is 1. The van der Waals surface area contributed by atoms with Crippen molar-refractivity contribution in [1.82, 2.24) is 14.6 Å². The molecular formula is C15H24N4O3S. The minimum Gasteiger partial charge on any atom is -0.370 e. The fourth-order valence-electron chi connectivity index (χ4n) is 2.61. The maximum atomic E-state index is 12.1. The van der Waals surface area contributed by atoms with Gasteiger partial charge in [0.2, 0.25) is 15.9 Å². The number of amides is 1. The lowest BCUT2D eigenvalue weighted by Gasteiger charge is -2.21. The van der Waals surface area contributed by atoms with Crippen molar-refractivity contribution in [3.63, 3.8) is 0 Å². The summed E-state index contributed by atoms with van der Waals surface area (Å²) in [6.45, 7) is 3.61. The zero-order chi connectivity index (χ0) is 16.9. The van der Waals surface area contributed by atoms with Gasteiger partial charge in [0.25, 0.3) is 0 Å². The lowest BCUT2D eigenvalue weighted by molar-refractivity contribution is -0.124. The Kier molecular flexibility index (Phi) is 5.95. The van der Waals surface area contributed by atoms with Gasteiger partial charge in [0.1, 0.15) is 11.9 Å². The first-order valence-electron chi connectivity index (χ1n) is 7.79. The zero-order valence-electron chi connectivity index (χ0n) is 13.6. The second-order valence-electron chi connectivity index (χ2n) is 5.82. The van der Waals surface area contributed by atoms with Crippen LogP contribution in [-0.4, -0.2) is 55.5 Å². The van der Waals surface area contributed by atoms with E-state index in [1.807, 2.05) is 19.1 Å². The van der Waals surface area contributed by atoms with Crippen LogP contribution >= 0.6 is 0 Å². The molecule has 1 atom stereocenters. The number of nitrogens with zero attached hydrogens (tertiary/aromatic N) is 2. The van der Waals surface area contributed by atoms with Crippen LogP contribution in [0.5, 0.6) is 0 Å². The summed E-state index contributed by atoms with van der Waals surface area (Å²) < 4.78 is 24.6. The summed E-state index contributed by atoms with van der Waals surface area (Å²) in [6.07, 6.45) is 5.00. The lowest BCUT2D eigenvalue weighted by atomic mass is 10.2. The van der Waals surface area contributed by atoms with E-state index >= 15 is 0 Å². The van der Waals surface area contributed by atoms with Gasteiger partial charge in [0.05, 0.1) is 6.26 Å². The molecule has 2 heterocycles. The average molecular weight is 340 g/mol.